The van der Waals surface area contributed by atoms with E-state index in [1.807, 2.05) is 42.2 Å². The third-order valence-corrected chi connectivity index (χ3v) is 8.65. The summed E-state index contributed by atoms with van der Waals surface area (Å²) >= 11 is 0. The zero-order valence-electron chi connectivity index (χ0n) is 22.3. The summed E-state index contributed by atoms with van der Waals surface area (Å²) in [5.41, 5.74) is 1.31. The Labute approximate surface area is 236 Å². The van der Waals surface area contributed by atoms with E-state index in [0.717, 1.165) is 0 Å². The van der Waals surface area contributed by atoms with Crippen LogP contribution in [-0.4, -0.2) is 36.0 Å². The van der Waals surface area contributed by atoms with Crippen LogP contribution >= 0.6 is 0 Å². The molecule has 3 aliphatic rings. The Morgan fingerprint density at radius 2 is 1.54 bits per heavy atom. The average molecular weight is 544 g/mol. The summed E-state index contributed by atoms with van der Waals surface area (Å²) in [7, 11) is 0. The van der Waals surface area contributed by atoms with Gasteiger partial charge in [0.15, 0.2) is 17.3 Å². The number of hydrogen-bond donors (Lipinski definition) is 0. The molecule has 0 unspecified atom stereocenters. The van der Waals surface area contributed by atoms with E-state index < -0.39 is 29.2 Å². The minimum atomic E-state index is -1.64. The number of benzene rings is 4. The van der Waals surface area contributed by atoms with Gasteiger partial charge in [0.05, 0.1) is 12.6 Å². The molecule has 1 spiro atoms. The summed E-state index contributed by atoms with van der Waals surface area (Å²) in [4.78, 5) is 46.0. The minimum absolute atomic E-state index is 0.231. The monoisotopic (exact) mass is 543 g/mol. The number of fused-ring (bicyclic) bond motifs is 5. The van der Waals surface area contributed by atoms with Crippen molar-refractivity contribution >= 4 is 29.1 Å². The lowest BCUT2D eigenvalue weighted by Crippen LogP contribution is -2.48. The predicted molar refractivity (Wildman–Crippen MR) is 154 cm³/mol. The summed E-state index contributed by atoms with van der Waals surface area (Å²) in [6, 6.07) is 25.7. The van der Waals surface area contributed by atoms with E-state index >= 15 is 0 Å². The Morgan fingerprint density at radius 3 is 2.24 bits per heavy atom. The highest BCUT2D eigenvalue weighted by atomic mass is 19.1. The van der Waals surface area contributed by atoms with Crippen LogP contribution in [0.25, 0.3) is 6.08 Å². The topological polar surface area (TPSA) is 63.7 Å². The second kappa shape index (κ2) is 9.37. The number of hydrogen-bond acceptors (Lipinski definition) is 5. The number of carbonyl (C=O) groups is 3. The van der Waals surface area contributed by atoms with Gasteiger partial charge in [0.1, 0.15) is 23.0 Å². The average Bonchev–Trinajstić information content (AvgIpc) is 3.43. The highest BCUT2D eigenvalue weighted by Crippen LogP contribution is 2.62. The van der Waals surface area contributed by atoms with Crippen molar-refractivity contribution in [1.82, 2.24) is 0 Å². The predicted octanol–water partition coefficient (Wildman–Crippen LogP) is 6.54. The summed E-state index contributed by atoms with van der Waals surface area (Å²) in [6.45, 7) is 2.23. The van der Waals surface area contributed by atoms with Crippen LogP contribution in [0.15, 0.2) is 103 Å². The maximum absolute atomic E-state index is 14.7. The number of ketones is 3. The van der Waals surface area contributed by atoms with Gasteiger partial charge in [0.25, 0.3) is 0 Å². The number of halogens is 1. The fraction of sp³-hybridized carbons (Fsp3) is 0.171. The Balaban J connectivity index is 1.57. The van der Waals surface area contributed by atoms with Gasteiger partial charge < -0.3 is 9.64 Å². The van der Waals surface area contributed by atoms with Gasteiger partial charge in [-0.1, -0.05) is 84.9 Å². The van der Waals surface area contributed by atoms with Crippen molar-refractivity contribution < 1.29 is 23.5 Å². The summed E-state index contributed by atoms with van der Waals surface area (Å²) in [5, 5.41) is 0. The number of Topliss-reactive ketones (excluding diaryl/α,β-unsaturated/α-hetero) is 3. The van der Waals surface area contributed by atoms with Crippen molar-refractivity contribution in [3.05, 3.63) is 137 Å². The Morgan fingerprint density at radius 1 is 0.878 bits per heavy atom. The second-order valence-corrected chi connectivity index (χ2v) is 10.6. The van der Waals surface area contributed by atoms with Crippen molar-refractivity contribution in [2.24, 2.45) is 5.41 Å². The maximum Gasteiger partial charge on any atom is 0.185 e. The molecular formula is C35H26FNO4. The molecule has 1 saturated heterocycles. The maximum atomic E-state index is 14.7. The van der Waals surface area contributed by atoms with Gasteiger partial charge in [-0.25, -0.2) is 4.39 Å². The Hall–Kier alpha value is -4.84. The van der Waals surface area contributed by atoms with Crippen LogP contribution in [0.2, 0.25) is 0 Å². The number of carbonyl (C=O) groups excluding carboxylic acids is 3. The first-order chi connectivity index (χ1) is 20.0. The van der Waals surface area contributed by atoms with Crippen LogP contribution in [0.5, 0.6) is 5.75 Å². The van der Waals surface area contributed by atoms with E-state index in [1.54, 1.807) is 66.7 Å². The number of para-hydroxylation sites is 1. The third kappa shape index (κ3) is 3.43. The Bertz CT molecular complexity index is 1730. The van der Waals surface area contributed by atoms with Crippen LogP contribution in [0.1, 0.15) is 55.0 Å². The molecule has 0 N–H and O–H groups in total. The number of anilines is 1. The lowest BCUT2D eigenvalue weighted by molar-refractivity contribution is 0.0664. The molecule has 0 amide bonds. The third-order valence-electron chi connectivity index (χ3n) is 8.65. The number of nitrogens with zero attached hydrogens (tertiary/aromatic N) is 1. The first-order valence-electron chi connectivity index (χ1n) is 13.7. The quantitative estimate of drug-likeness (QED) is 0.211. The molecule has 202 valence electrons. The van der Waals surface area contributed by atoms with Crippen LogP contribution in [0.3, 0.4) is 0 Å². The molecular weight excluding hydrogens is 517 g/mol. The number of rotatable bonds is 5. The van der Waals surface area contributed by atoms with Gasteiger partial charge >= 0.3 is 0 Å². The van der Waals surface area contributed by atoms with Crippen molar-refractivity contribution in [3.8, 4) is 5.75 Å². The molecule has 4 aromatic rings. The van der Waals surface area contributed by atoms with Gasteiger partial charge in [-0.15, -0.1) is 0 Å². The zero-order valence-corrected chi connectivity index (χ0v) is 22.3. The van der Waals surface area contributed by atoms with E-state index in [4.69, 9.17) is 4.74 Å². The summed E-state index contributed by atoms with van der Waals surface area (Å²) in [5.74, 6) is -1.65. The smallest absolute Gasteiger partial charge is 0.185 e. The van der Waals surface area contributed by atoms with E-state index in [-0.39, 0.29) is 17.3 Å². The lowest BCUT2D eigenvalue weighted by atomic mass is 9.64. The van der Waals surface area contributed by atoms with Crippen LogP contribution < -0.4 is 9.64 Å². The van der Waals surface area contributed by atoms with E-state index in [0.29, 0.717) is 45.9 Å². The first kappa shape index (κ1) is 25.1. The zero-order chi connectivity index (χ0) is 28.3. The molecule has 0 radical (unpaired) electrons. The molecule has 7 rings (SSSR count). The van der Waals surface area contributed by atoms with Gasteiger partial charge in [-0.3, -0.25) is 14.4 Å². The largest absolute Gasteiger partial charge is 0.494 e. The van der Waals surface area contributed by atoms with Gasteiger partial charge in [-0.2, -0.15) is 0 Å². The van der Waals surface area contributed by atoms with Gasteiger partial charge in [-0.05, 0) is 31.2 Å². The van der Waals surface area contributed by atoms with Gasteiger partial charge in [0.2, 0.25) is 0 Å². The highest BCUT2D eigenvalue weighted by molar-refractivity contribution is 6.32. The second-order valence-electron chi connectivity index (χ2n) is 10.6. The Kier molecular flexibility index (Phi) is 5.75. The molecule has 41 heavy (non-hydrogen) atoms. The fourth-order valence-corrected chi connectivity index (χ4v) is 7.09. The van der Waals surface area contributed by atoms with E-state index in [9.17, 15) is 18.8 Å². The molecule has 0 saturated carbocycles. The molecule has 0 aromatic heterocycles. The van der Waals surface area contributed by atoms with Crippen molar-refractivity contribution in [2.75, 3.05) is 11.5 Å². The van der Waals surface area contributed by atoms with E-state index in [1.165, 1.54) is 12.1 Å². The molecule has 1 aliphatic carbocycles. The molecule has 4 aromatic carbocycles. The summed E-state index contributed by atoms with van der Waals surface area (Å²) in [6.07, 6.45) is 3.55. The molecule has 1 fully saturated rings. The molecule has 2 aliphatic heterocycles. The molecule has 3 atom stereocenters. The summed E-state index contributed by atoms with van der Waals surface area (Å²) < 4.78 is 20.4. The van der Waals surface area contributed by atoms with Crippen molar-refractivity contribution in [2.45, 2.75) is 24.9 Å². The SMILES string of the molecule is CCOc1ccccc1[C@H]1[C@H](C(=O)c2ccccc2)N2c3ccc(F)cc3C=C[C@@H]2C12C(=O)c1ccccc1C2=O. The molecule has 0 bridgehead atoms. The highest BCUT2D eigenvalue weighted by Gasteiger charge is 2.71. The minimum Gasteiger partial charge on any atom is -0.494 e. The standard InChI is InChI=1S/C35H26FNO4/c1-2-41-28-15-9-8-14-26(28)30-31(32(38)21-10-4-3-5-11-21)37-27-18-17-23(36)20-22(27)16-19-29(37)35(30)33(39)24-12-6-7-13-25(24)34(35)40/h3-20,29-31H,2H2,1H3/t29-,30+,31-/m1/s1. The lowest BCUT2D eigenvalue weighted by Gasteiger charge is -2.37. The fourth-order valence-electron chi connectivity index (χ4n) is 7.09. The van der Waals surface area contributed by atoms with Crippen LogP contribution in [-0.2, 0) is 0 Å². The molecule has 5 nitrogen and oxygen atoms in total. The normalized spacial score (nSPS) is 21.5. The van der Waals surface area contributed by atoms with Gasteiger partial charge in [0, 0.05) is 39.4 Å². The van der Waals surface area contributed by atoms with Crippen LogP contribution in [0.4, 0.5) is 10.1 Å². The van der Waals surface area contributed by atoms with Crippen LogP contribution in [0, 0.1) is 11.2 Å². The number of ether oxygens (including phenoxy) is 1. The molecule has 2 heterocycles. The van der Waals surface area contributed by atoms with Crippen molar-refractivity contribution in [1.29, 1.82) is 0 Å². The van der Waals surface area contributed by atoms with E-state index in [2.05, 4.69) is 0 Å². The van der Waals surface area contributed by atoms with Crippen molar-refractivity contribution in [3.63, 3.8) is 0 Å². The molecule has 6 heteroatoms. The first-order valence-corrected chi connectivity index (χ1v) is 13.7.